The molecule has 0 bridgehead atoms. The summed E-state index contributed by atoms with van der Waals surface area (Å²) in [6, 6.07) is 9.47. The van der Waals surface area contributed by atoms with Crippen LogP contribution in [0, 0.1) is 0 Å². The maximum Gasteiger partial charge on any atom is 0.410 e. The number of likely N-dealkylation sites (tertiary alicyclic amines) is 1. The summed E-state index contributed by atoms with van der Waals surface area (Å²) in [6.07, 6.45) is 5.18. The van der Waals surface area contributed by atoms with Crippen molar-refractivity contribution in [1.82, 2.24) is 8.87 Å². The summed E-state index contributed by atoms with van der Waals surface area (Å²) < 4.78 is 33.5. The zero-order valence-corrected chi connectivity index (χ0v) is 14.9. The second kappa shape index (κ2) is 7.26. The highest BCUT2D eigenvalue weighted by Gasteiger charge is 2.36. The van der Waals surface area contributed by atoms with Gasteiger partial charge in [0.05, 0.1) is 7.05 Å². The average Bonchev–Trinajstić information content (AvgIpc) is 3.08. The molecule has 1 fully saturated rings. The Hall–Kier alpha value is -2.35. The van der Waals surface area contributed by atoms with Crippen LogP contribution in [-0.4, -0.2) is 41.7 Å². The molecular formula is C17H22N3O4S+. The molecule has 8 heteroatoms. The van der Waals surface area contributed by atoms with Crippen molar-refractivity contribution in [3.05, 3.63) is 54.6 Å². The van der Waals surface area contributed by atoms with Gasteiger partial charge in [-0.1, -0.05) is 30.3 Å². The SMILES string of the molecule is C[n+]1ccn(S(=O)(=O)C2CCN(C(=O)OCc3ccccc3)CC2)c1. The Morgan fingerprint density at radius 1 is 1.24 bits per heavy atom. The fourth-order valence-corrected chi connectivity index (χ4v) is 4.55. The van der Waals surface area contributed by atoms with Crippen LogP contribution in [0.1, 0.15) is 18.4 Å². The van der Waals surface area contributed by atoms with Crippen LogP contribution in [0.2, 0.25) is 0 Å². The number of rotatable bonds is 4. The van der Waals surface area contributed by atoms with E-state index in [1.807, 2.05) is 30.3 Å². The number of aryl methyl sites for hydroxylation is 1. The van der Waals surface area contributed by atoms with Crippen molar-refractivity contribution in [3.63, 3.8) is 0 Å². The van der Waals surface area contributed by atoms with E-state index in [-0.39, 0.29) is 6.61 Å². The number of hydrogen-bond donors (Lipinski definition) is 0. The molecule has 0 aliphatic carbocycles. The monoisotopic (exact) mass is 364 g/mol. The summed E-state index contributed by atoms with van der Waals surface area (Å²) in [5, 5.41) is -0.488. The minimum atomic E-state index is -3.43. The highest BCUT2D eigenvalue weighted by molar-refractivity contribution is 7.90. The topological polar surface area (TPSA) is 72.5 Å². The second-order valence-corrected chi connectivity index (χ2v) is 8.30. The van der Waals surface area contributed by atoms with E-state index in [9.17, 15) is 13.2 Å². The molecule has 1 aromatic carbocycles. The Morgan fingerprint density at radius 2 is 1.92 bits per heavy atom. The molecular weight excluding hydrogens is 342 g/mol. The van der Waals surface area contributed by atoms with Crippen LogP contribution in [0.15, 0.2) is 49.1 Å². The molecule has 1 aliphatic rings. The Balaban J connectivity index is 1.54. The minimum Gasteiger partial charge on any atom is -0.445 e. The van der Waals surface area contributed by atoms with Gasteiger partial charge in [-0.15, -0.1) is 3.97 Å². The van der Waals surface area contributed by atoms with Crippen LogP contribution in [0.4, 0.5) is 4.79 Å². The molecule has 2 aromatic rings. The molecule has 1 aliphatic heterocycles. The summed E-state index contributed by atoms with van der Waals surface area (Å²) in [4.78, 5) is 13.7. The van der Waals surface area contributed by atoms with Gasteiger partial charge in [-0.2, -0.15) is 8.42 Å². The van der Waals surface area contributed by atoms with Crippen LogP contribution in [-0.2, 0) is 28.4 Å². The number of benzene rings is 1. The third-order valence-corrected chi connectivity index (χ3v) is 6.48. The molecule has 25 heavy (non-hydrogen) atoms. The zero-order valence-electron chi connectivity index (χ0n) is 14.1. The number of hydrogen-bond acceptors (Lipinski definition) is 4. The summed E-state index contributed by atoms with van der Waals surface area (Å²) in [5.74, 6) is 0. The van der Waals surface area contributed by atoms with E-state index in [0.717, 1.165) is 5.56 Å². The first-order chi connectivity index (χ1) is 12.0. The van der Waals surface area contributed by atoms with Crippen molar-refractivity contribution in [2.24, 2.45) is 7.05 Å². The van der Waals surface area contributed by atoms with E-state index < -0.39 is 21.4 Å². The summed E-state index contributed by atoms with van der Waals surface area (Å²) in [5.41, 5.74) is 0.925. The molecule has 1 aromatic heterocycles. The van der Waals surface area contributed by atoms with Gasteiger partial charge in [0.1, 0.15) is 24.3 Å². The smallest absolute Gasteiger partial charge is 0.410 e. The fraction of sp³-hybridized carbons (Fsp3) is 0.412. The standard InChI is InChI=1S/C17H22N3O4S/c1-18-11-12-20(14-18)25(22,23)16-7-9-19(10-8-16)17(21)24-13-15-5-3-2-4-6-15/h2-6,11-12,14,16H,7-10,13H2,1H3/q+1. The maximum absolute atomic E-state index is 12.6. The van der Waals surface area contributed by atoms with E-state index in [0.29, 0.717) is 25.9 Å². The van der Waals surface area contributed by atoms with E-state index in [1.54, 1.807) is 22.7 Å². The highest BCUT2D eigenvalue weighted by atomic mass is 32.2. The van der Waals surface area contributed by atoms with Crippen molar-refractivity contribution < 1.29 is 22.5 Å². The number of aromatic nitrogens is 2. The molecule has 0 saturated carbocycles. The highest BCUT2D eigenvalue weighted by Crippen LogP contribution is 2.20. The van der Waals surface area contributed by atoms with E-state index in [1.165, 1.54) is 16.5 Å². The number of carbonyl (C=O) groups is 1. The van der Waals surface area contributed by atoms with Gasteiger partial charge < -0.3 is 9.64 Å². The van der Waals surface area contributed by atoms with Gasteiger partial charge in [0, 0.05) is 13.1 Å². The number of nitrogens with zero attached hydrogens (tertiary/aromatic N) is 3. The van der Waals surface area contributed by atoms with Crippen LogP contribution >= 0.6 is 0 Å². The molecule has 2 heterocycles. The fourth-order valence-electron chi connectivity index (χ4n) is 2.90. The maximum atomic E-state index is 12.6. The minimum absolute atomic E-state index is 0.220. The molecule has 0 unspecified atom stereocenters. The summed E-state index contributed by atoms with van der Waals surface area (Å²) in [6.45, 7) is 0.980. The quantitative estimate of drug-likeness (QED) is 0.767. The Labute approximate surface area is 147 Å². The number of carbonyl (C=O) groups excluding carboxylic acids is 1. The normalized spacial score (nSPS) is 16.0. The van der Waals surface area contributed by atoms with Gasteiger partial charge in [-0.05, 0) is 18.4 Å². The molecule has 3 rings (SSSR count). The zero-order chi connectivity index (χ0) is 17.9. The van der Waals surface area contributed by atoms with Crippen molar-refractivity contribution in [3.8, 4) is 0 Å². The number of imidazole rings is 1. The molecule has 1 saturated heterocycles. The second-order valence-electron chi connectivity index (χ2n) is 6.18. The predicted octanol–water partition coefficient (Wildman–Crippen LogP) is 1.29. The Kier molecular flexibility index (Phi) is 5.08. The predicted molar refractivity (Wildman–Crippen MR) is 91.1 cm³/mol. The van der Waals surface area contributed by atoms with Gasteiger partial charge in [-0.25, -0.2) is 9.36 Å². The molecule has 1 amide bonds. The molecule has 7 nitrogen and oxygen atoms in total. The Bertz CT molecular complexity index is 825. The van der Waals surface area contributed by atoms with E-state index >= 15 is 0 Å². The average molecular weight is 364 g/mol. The van der Waals surface area contributed by atoms with Gasteiger partial charge in [0.25, 0.3) is 6.33 Å². The summed E-state index contributed by atoms with van der Waals surface area (Å²) >= 11 is 0. The van der Waals surface area contributed by atoms with Crippen LogP contribution < -0.4 is 4.57 Å². The third-order valence-electron chi connectivity index (χ3n) is 4.37. The van der Waals surface area contributed by atoms with Gasteiger partial charge >= 0.3 is 16.1 Å². The van der Waals surface area contributed by atoms with E-state index in [2.05, 4.69) is 0 Å². The largest absolute Gasteiger partial charge is 0.445 e. The Morgan fingerprint density at radius 3 is 2.52 bits per heavy atom. The van der Waals surface area contributed by atoms with Crippen molar-refractivity contribution in [2.75, 3.05) is 13.1 Å². The summed E-state index contributed by atoms with van der Waals surface area (Å²) in [7, 11) is -1.65. The molecule has 0 N–H and O–H groups in total. The first-order valence-electron chi connectivity index (χ1n) is 8.20. The van der Waals surface area contributed by atoms with Gasteiger partial charge in [-0.3, -0.25) is 0 Å². The lowest BCUT2D eigenvalue weighted by Crippen LogP contribution is -2.44. The third kappa shape index (κ3) is 4.01. The molecule has 0 spiro atoms. The molecule has 134 valence electrons. The van der Waals surface area contributed by atoms with Crippen molar-refractivity contribution >= 4 is 16.1 Å². The van der Waals surface area contributed by atoms with Gasteiger partial charge in [0.15, 0.2) is 0 Å². The van der Waals surface area contributed by atoms with Crippen molar-refractivity contribution in [1.29, 1.82) is 0 Å². The first-order valence-corrected chi connectivity index (χ1v) is 9.70. The van der Waals surface area contributed by atoms with E-state index in [4.69, 9.17) is 4.74 Å². The lowest BCUT2D eigenvalue weighted by Gasteiger charge is -2.29. The van der Waals surface area contributed by atoms with Gasteiger partial charge in [0.2, 0.25) is 0 Å². The van der Waals surface area contributed by atoms with Crippen molar-refractivity contribution in [2.45, 2.75) is 24.7 Å². The lowest BCUT2D eigenvalue weighted by atomic mass is 10.1. The van der Waals surface area contributed by atoms with Crippen LogP contribution in [0.25, 0.3) is 0 Å². The molecule has 0 radical (unpaired) electrons. The molecule has 0 atom stereocenters. The number of piperidine rings is 1. The lowest BCUT2D eigenvalue weighted by molar-refractivity contribution is -0.670. The first kappa shape index (κ1) is 17.5. The van der Waals surface area contributed by atoms with Crippen LogP contribution in [0.5, 0.6) is 0 Å². The number of ether oxygens (including phenoxy) is 1. The number of amides is 1. The van der Waals surface area contributed by atoms with Crippen LogP contribution in [0.3, 0.4) is 0 Å².